The van der Waals surface area contributed by atoms with E-state index >= 15 is 0 Å². The first-order chi connectivity index (χ1) is 14.3. The maximum atomic E-state index is 13.1. The SMILES string of the molecule is COc1ccc(COc2cc(Oc3c(C=O)c(C(F)F)nn3C)c(Cl)cc2Cl)cc1. The summed E-state index contributed by atoms with van der Waals surface area (Å²) in [6.07, 6.45) is -2.67. The Morgan fingerprint density at radius 2 is 1.80 bits per heavy atom. The van der Waals surface area contributed by atoms with E-state index in [9.17, 15) is 13.6 Å². The summed E-state index contributed by atoms with van der Waals surface area (Å²) in [5.41, 5.74) is -0.177. The molecule has 0 unspecified atom stereocenters. The highest BCUT2D eigenvalue weighted by Crippen LogP contribution is 2.40. The van der Waals surface area contributed by atoms with E-state index in [2.05, 4.69) is 5.10 Å². The molecule has 0 aliphatic carbocycles. The van der Waals surface area contributed by atoms with Crippen molar-refractivity contribution < 1.29 is 27.8 Å². The Bertz CT molecular complexity index is 1060. The van der Waals surface area contributed by atoms with Crippen molar-refractivity contribution in [2.75, 3.05) is 7.11 Å². The molecule has 0 spiro atoms. The number of rotatable bonds is 8. The van der Waals surface area contributed by atoms with Crippen LogP contribution in [0.25, 0.3) is 0 Å². The van der Waals surface area contributed by atoms with E-state index in [1.54, 1.807) is 19.2 Å². The molecule has 0 saturated carbocycles. The zero-order valence-electron chi connectivity index (χ0n) is 15.9. The van der Waals surface area contributed by atoms with Gasteiger partial charge in [-0.2, -0.15) is 5.10 Å². The molecular weight excluding hydrogens is 441 g/mol. The molecule has 158 valence electrons. The molecule has 0 fully saturated rings. The third-order valence-corrected chi connectivity index (χ3v) is 4.72. The summed E-state index contributed by atoms with van der Waals surface area (Å²) < 4.78 is 43.7. The van der Waals surface area contributed by atoms with Gasteiger partial charge in [0.1, 0.15) is 29.4 Å². The lowest BCUT2D eigenvalue weighted by Gasteiger charge is -2.13. The molecule has 3 rings (SSSR count). The maximum Gasteiger partial charge on any atom is 0.283 e. The smallest absolute Gasteiger partial charge is 0.283 e. The van der Waals surface area contributed by atoms with Crippen molar-refractivity contribution in [2.24, 2.45) is 7.05 Å². The number of benzene rings is 2. The molecule has 2 aromatic carbocycles. The maximum absolute atomic E-state index is 13.1. The van der Waals surface area contributed by atoms with Crippen LogP contribution in [-0.2, 0) is 13.7 Å². The predicted octanol–water partition coefficient (Wildman–Crippen LogP) is 5.86. The van der Waals surface area contributed by atoms with Gasteiger partial charge in [-0.25, -0.2) is 13.5 Å². The van der Waals surface area contributed by atoms with Crippen LogP contribution < -0.4 is 14.2 Å². The average molecular weight is 457 g/mol. The van der Waals surface area contributed by atoms with Crippen molar-refractivity contribution in [3.05, 3.63) is 63.3 Å². The zero-order chi connectivity index (χ0) is 21.8. The summed E-state index contributed by atoms with van der Waals surface area (Å²) >= 11 is 12.4. The van der Waals surface area contributed by atoms with Crippen LogP contribution in [0.4, 0.5) is 8.78 Å². The number of nitrogens with zero attached hydrogens (tertiary/aromatic N) is 2. The summed E-state index contributed by atoms with van der Waals surface area (Å²) in [6.45, 7) is 0.200. The average Bonchev–Trinajstić information content (AvgIpc) is 3.05. The number of hydrogen-bond donors (Lipinski definition) is 0. The molecule has 0 amide bonds. The molecule has 0 radical (unpaired) electrons. The molecule has 30 heavy (non-hydrogen) atoms. The minimum absolute atomic E-state index is 0.0673. The second-order valence-electron chi connectivity index (χ2n) is 6.10. The van der Waals surface area contributed by atoms with Crippen LogP contribution in [0.15, 0.2) is 36.4 Å². The van der Waals surface area contributed by atoms with Crippen LogP contribution in [0.2, 0.25) is 10.0 Å². The quantitative estimate of drug-likeness (QED) is 0.397. The van der Waals surface area contributed by atoms with Crippen molar-refractivity contribution in [3.8, 4) is 23.1 Å². The van der Waals surface area contributed by atoms with Gasteiger partial charge in [0.15, 0.2) is 12.0 Å². The zero-order valence-corrected chi connectivity index (χ0v) is 17.4. The van der Waals surface area contributed by atoms with E-state index in [-0.39, 0.29) is 45.9 Å². The largest absolute Gasteiger partial charge is 0.497 e. The van der Waals surface area contributed by atoms with Crippen molar-refractivity contribution in [2.45, 2.75) is 13.0 Å². The molecule has 0 atom stereocenters. The normalized spacial score (nSPS) is 10.9. The third kappa shape index (κ3) is 4.66. The molecule has 1 aromatic heterocycles. The van der Waals surface area contributed by atoms with Gasteiger partial charge in [-0.05, 0) is 23.8 Å². The first-order valence-electron chi connectivity index (χ1n) is 8.56. The van der Waals surface area contributed by atoms with Gasteiger partial charge in [0.25, 0.3) is 6.43 Å². The summed E-state index contributed by atoms with van der Waals surface area (Å²) in [5, 5.41) is 3.97. The van der Waals surface area contributed by atoms with E-state index in [4.69, 9.17) is 37.4 Å². The van der Waals surface area contributed by atoms with Gasteiger partial charge in [0, 0.05) is 13.1 Å². The Morgan fingerprint density at radius 3 is 2.40 bits per heavy atom. The minimum Gasteiger partial charge on any atom is -0.497 e. The minimum atomic E-state index is -2.93. The number of aldehydes is 1. The van der Waals surface area contributed by atoms with Gasteiger partial charge in [-0.15, -0.1) is 0 Å². The number of hydrogen-bond acceptors (Lipinski definition) is 5. The van der Waals surface area contributed by atoms with E-state index in [0.29, 0.717) is 5.75 Å². The summed E-state index contributed by atoms with van der Waals surface area (Å²) in [7, 11) is 2.95. The fraction of sp³-hybridized carbons (Fsp3) is 0.200. The van der Waals surface area contributed by atoms with Gasteiger partial charge >= 0.3 is 0 Å². The van der Waals surface area contributed by atoms with Crippen LogP contribution in [0, 0.1) is 0 Å². The van der Waals surface area contributed by atoms with Gasteiger partial charge in [-0.3, -0.25) is 4.79 Å². The lowest BCUT2D eigenvalue weighted by atomic mass is 10.2. The van der Waals surface area contributed by atoms with E-state index < -0.39 is 12.1 Å². The topological polar surface area (TPSA) is 62.6 Å². The Hall–Kier alpha value is -2.84. The van der Waals surface area contributed by atoms with Crippen molar-refractivity contribution >= 4 is 29.5 Å². The second kappa shape index (κ2) is 9.32. The highest BCUT2D eigenvalue weighted by molar-refractivity contribution is 6.36. The molecule has 6 nitrogen and oxygen atoms in total. The predicted molar refractivity (Wildman–Crippen MR) is 107 cm³/mol. The van der Waals surface area contributed by atoms with Crippen molar-refractivity contribution in [1.29, 1.82) is 0 Å². The number of ether oxygens (including phenoxy) is 3. The van der Waals surface area contributed by atoms with Crippen molar-refractivity contribution in [1.82, 2.24) is 9.78 Å². The molecule has 1 heterocycles. The number of carbonyl (C=O) groups excluding carboxylic acids is 1. The standard InChI is InChI=1S/C20H16Cl2F2N2O4/c1-26-20(13(9-27)18(25-26)19(23)24)30-17-8-16(14(21)7-15(17)22)29-10-11-3-5-12(28-2)6-4-11/h3-9,19H,10H2,1-2H3. The number of methoxy groups -OCH3 is 1. The number of aryl methyl sites for hydroxylation is 1. The van der Waals surface area contributed by atoms with E-state index in [1.807, 2.05) is 12.1 Å². The fourth-order valence-electron chi connectivity index (χ4n) is 2.62. The van der Waals surface area contributed by atoms with Crippen molar-refractivity contribution in [3.63, 3.8) is 0 Å². The Morgan fingerprint density at radius 1 is 1.13 bits per heavy atom. The molecule has 0 saturated heterocycles. The lowest BCUT2D eigenvalue weighted by molar-refractivity contribution is 0.110. The summed E-state index contributed by atoms with van der Waals surface area (Å²) in [5.74, 6) is 0.864. The van der Waals surface area contributed by atoms with E-state index in [0.717, 1.165) is 10.2 Å². The number of halogens is 4. The van der Waals surface area contributed by atoms with Crippen LogP contribution in [-0.4, -0.2) is 23.2 Å². The first kappa shape index (κ1) is 21.9. The number of aromatic nitrogens is 2. The number of carbonyl (C=O) groups is 1. The highest BCUT2D eigenvalue weighted by Gasteiger charge is 2.25. The van der Waals surface area contributed by atoms with Crippen LogP contribution in [0.5, 0.6) is 23.1 Å². The molecule has 0 aliphatic heterocycles. The lowest BCUT2D eigenvalue weighted by Crippen LogP contribution is -1.99. The summed E-state index contributed by atoms with van der Waals surface area (Å²) in [4.78, 5) is 11.3. The van der Waals surface area contributed by atoms with Crippen LogP contribution in [0.1, 0.15) is 28.0 Å². The second-order valence-corrected chi connectivity index (χ2v) is 6.91. The Kier molecular flexibility index (Phi) is 6.79. The van der Waals surface area contributed by atoms with Gasteiger partial charge in [0.2, 0.25) is 5.88 Å². The van der Waals surface area contributed by atoms with Crippen LogP contribution in [0.3, 0.4) is 0 Å². The van der Waals surface area contributed by atoms with Gasteiger partial charge in [0.05, 0.1) is 17.2 Å². The molecular formula is C20H16Cl2F2N2O4. The van der Waals surface area contributed by atoms with E-state index in [1.165, 1.54) is 19.2 Å². The molecule has 0 N–H and O–H groups in total. The Labute approximate surface area is 180 Å². The molecule has 3 aromatic rings. The van der Waals surface area contributed by atoms with Crippen LogP contribution >= 0.6 is 23.2 Å². The molecule has 10 heteroatoms. The monoisotopic (exact) mass is 456 g/mol. The van der Waals surface area contributed by atoms with Gasteiger partial charge in [-0.1, -0.05) is 35.3 Å². The highest BCUT2D eigenvalue weighted by atomic mass is 35.5. The number of alkyl halides is 2. The first-order valence-corrected chi connectivity index (χ1v) is 9.32. The third-order valence-electron chi connectivity index (χ3n) is 4.13. The molecule has 0 bridgehead atoms. The fourth-order valence-corrected chi connectivity index (χ4v) is 3.10. The summed E-state index contributed by atoms with van der Waals surface area (Å²) in [6, 6.07) is 10.1. The van der Waals surface area contributed by atoms with Gasteiger partial charge < -0.3 is 14.2 Å². The Balaban J connectivity index is 1.85. The molecule has 0 aliphatic rings.